The van der Waals surface area contributed by atoms with E-state index in [1.54, 1.807) is 7.05 Å². The van der Waals surface area contributed by atoms with E-state index < -0.39 is 0 Å². The number of rotatable bonds is 6. The fourth-order valence-corrected chi connectivity index (χ4v) is 0.961. The molecule has 0 rings (SSSR count). The minimum atomic E-state index is -0.171. The third-order valence-corrected chi connectivity index (χ3v) is 1.60. The number of carbonyl (C=O) groups is 2. The van der Waals surface area contributed by atoms with Gasteiger partial charge in [0.15, 0.2) is 0 Å². The fraction of sp³-hybridized carbons (Fsp3) is 0.750. The van der Waals surface area contributed by atoms with E-state index in [0.717, 1.165) is 12.8 Å². The van der Waals surface area contributed by atoms with E-state index in [-0.39, 0.29) is 18.5 Å². The van der Waals surface area contributed by atoms with E-state index in [1.165, 1.54) is 0 Å². The molecule has 0 aliphatic heterocycles. The van der Waals surface area contributed by atoms with Crippen LogP contribution in [0.2, 0.25) is 0 Å². The smallest absolute Gasteiger partial charge is 0.237 e. The Bertz CT molecular complexity index is 148. The average molecular weight is 172 g/mol. The zero-order valence-electron chi connectivity index (χ0n) is 7.59. The first-order chi connectivity index (χ1) is 5.76. The lowest BCUT2D eigenvalue weighted by Crippen LogP contribution is -2.43. The summed E-state index contributed by atoms with van der Waals surface area (Å²) in [5, 5.41) is 5.38. The lowest BCUT2D eigenvalue weighted by Gasteiger charge is -2.13. The van der Waals surface area contributed by atoms with Crippen molar-refractivity contribution in [3.63, 3.8) is 0 Å². The highest BCUT2D eigenvalue weighted by Gasteiger charge is 2.13. The second-order valence-corrected chi connectivity index (χ2v) is 2.54. The van der Waals surface area contributed by atoms with E-state index in [0.29, 0.717) is 6.29 Å². The second-order valence-electron chi connectivity index (χ2n) is 2.54. The molecule has 0 saturated carbocycles. The number of likely N-dealkylation sites (N-methyl/N-ethyl adjacent to an activating group) is 1. The van der Waals surface area contributed by atoms with Gasteiger partial charge in [-0.1, -0.05) is 13.3 Å². The Labute approximate surface area is 72.7 Å². The number of hydrogen-bond donors (Lipinski definition) is 2. The molecule has 1 amide bonds. The summed E-state index contributed by atoms with van der Waals surface area (Å²) >= 11 is 0. The second kappa shape index (κ2) is 6.79. The molecule has 2 N–H and O–H groups in total. The summed E-state index contributed by atoms with van der Waals surface area (Å²) in [6, 6.07) is -0.171. The molecule has 0 fully saturated rings. The molecule has 0 bridgehead atoms. The summed E-state index contributed by atoms with van der Waals surface area (Å²) in [5.41, 5.74) is 0. The number of hydrogen-bond acceptors (Lipinski definition) is 3. The van der Waals surface area contributed by atoms with Gasteiger partial charge in [-0.15, -0.1) is 0 Å². The van der Waals surface area contributed by atoms with Crippen molar-refractivity contribution in [3.05, 3.63) is 0 Å². The molecule has 4 nitrogen and oxygen atoms in total. The predicted molar refractivity (Wildman–Crippen MR) is 46.8 cm³/mol. The third kappa shape index (κ3) is 4.08. The van der Waals surface area contributed by atoms with Gasteiger partial charge in [-0.3, -0.25) is 4.79 Å². The molecule has 0 spiro atoms. The minimum absolute atomic E-state index is 0.0979. The molecule has 0 heterocycles. The van der Waals surface area contributed by atoms with Gasteiger partial charge in [-0.25, -0.2) is 0 Å². The Kier molecular flexibility index (Phi) is 6.28. The largest absolute Gasteiger partial charge is 0.348 e. The summed E-state index contributed by atoms with van der Waals surface area (Å²) in [4.78, 5) is 21.1. The van der Waals surface area contributed by atoms with E-state index >= 15 is 0 Å². The molecular weight excluding hydrogens is 156 g/mol. The van der Waals surface area contributed by atoms with Gasteiger partial charge in [-0.05, 0) is 13.5 Å². The third-order valence-electron chi connectivity index (χ3n) is 1.60. The van der Waals surface area contributed by atoms with Crippen LogP contribution >= 0.6 is 0 Å². The summed E-state index contributed by atoms with van der Waals surface area (Å²) in [6.45, 7) is 2.11. The van der Waals surface area contributed by atoms with Crippen LogP contribution in [0, 0.1) is 0 Å². The Morgan fingerprint density at radius 3 is 2.67 bits per heavy atom. The molecule has 1 atom stereocenters. The lowest BCUT2D eigenvalue weighted by atomic mass is 10.1. The molecule has 4 heteroatoms. The van der Waals surface area contributed by atoms with Crippen molar-refractivity contribution in [1.29, 1.82) is 0 Å². The number of carbonyl (C=O) groups excluding carboxylic acids is 2. The van der Waals surface area contributed by atoms with E-state index in [1.807, 2.05) is 6.92 Å². The summed E-state index contributed by atoms with van der Waals surface area (Å²) in [5.74, 6) is -0.105. The van der Waals surface area contributed by atoms with Crippen LogP contribution in [0.1, 0.15) is 19.8 Å². The highest BCUT2D eigenvalue weighted by molar-refractivity contribution is 5.83. The van der Waals surface area contributed by atoms with Crippen molar-refractivity contribution in [2.75, 3.05) is 13.6 Å². The Balaban J connectivity index is 3.76. The molecule has 12 heavy (non-hydrogen) atoms. The monoisotopic (exact) mass is 172 g/mol. The van der Waals surface area contributed by atoms with Crippen molar-refractivity contribution in [2.24, 2.45) is 0 Å². The van der Waals surface area contributed by atoms with Gasteiger partial charge >= 0.3 is 0 Å². The Morgan fingerprint density at radius 1 is 1.58 bits per heavy atom. The van der Waals surface area contributed by atoms with Gasteiger partial charge in [-0.2, -0.15) is 0 Å². The van der Waals surface area contributed by atoms with Crippen LogP contribution in [0.4, 0.5) is 0 Å². The maximum Gasteiger partial charge on any atom is 0.237 e. The maximum atomic E-state index is 11.2. The number of amides is 1. The molecule has 0 saturated heterocycles. The van der Waals surface area contributed by atoms with Crippen LogP contribution in [0.5, 0.6) is 0 Å². The first kappa shape index (κ1) is 11.1. The molecular formula is C8H16N2O2. The Hall–Kier alpha value is -0.900. The van der Waals surface area contributed by atoms with Gasteiger partial charge in [0.2, 0.25) is 5.91 Å². The highest BCUT2D eigenvalue weighted by atomic mass is 16.2. The zero-order valence-corrected chi connectivity index (χ0v) is 7.59. The van der Waals surface area contributed by atoms with Gasteiger partial charge in [0.25, 0.3) is 0 Å². The summed E-state index contributed by atoms with van der Waals surface area (Å²) in [6.07, 6.45) is 2.41. The minimum Gasteiger partial charge on any atom is -0.348 e. The van der Waals surface area contributed by atoms with Crippen LogP contribution in [0.15, 0.2) is 0 Å². The zero-order chi connectivity index (χ0) is 9.40. The lowest BCUT2D eigenvalue weighted by molar-refractivity contribution is -0.124. The molecule has 0 aliphatic carbocycles. The van der Waals surface area contributed by atoms with Crippen LogP contribution in [0.25, 0.3) is 0 Å². The van der Waals surface area contributed by atoms with Gasteiger partial charge in [0.1, 0.15) is 6.29 Å². The number of aldehydes is 1. The van der Waals surface area contributed by atoms with E-state index in [2.05, 4.69) is 10.6 Å². The van der Waals surface area contributed by atoms with E-state index in [4.69, 9.17) is 0 Å². The molecule has 0 aromatic carbocycles. The van der Waals surface area contributed by atoms with Crippen molar-refractivity contribution >= 4 is 12.2 Å². The SMILES string of the molecule is CCC[C@@H](NC)C(=O)NCC=O. The van der Waals surface area contributed by atoms with Crippen LogP contribution in [-0.2, 0) is 9.59 Å². The van der Waals surface area contributed by atoms with Gasteiger partial charge < -0.3 is 15.4 Å². The standard InChI is InChI=1S/C8H16N2O2/c1-3-4-7(9-2)8(12)10-5-6-11/h6-7,9H,3-5H2,1-2H3,(H,10,12)/t7-/m1/s1. The maximum absolute atomic E-state index is 11.2. The first-order valence-corrected chi connectivity index (χ1v) is 4.14. The molecule has 70 valence electrons. The van der Waals surface area contributed by atoms with Gasteiger partial charge in [0.05, 0.1) is 12.6 Å². The van der Waals surface area contributed by atoms with Gasteiger partial charge in [0, 0.05) is 0 Å². The molecule has 0 unspecified atom stereocenters. The Morgan fingerprint density at radius 2 is 2.25 bits per heavy atom. The van der Waals surface area contributed by atoms with Crippen molar-refractivity contribution in [1.82, 2.24) is 10.6 Å². The van der Waals surface area contributed by atoms with Crippen LogP contribution in [0.3, 0.4) is 0 Å². The summed E-state index contributed by atoms with van der Waals surface area (Å²) in [7, 11) is 1.74. The molecule has 0 aliphatic rings. The quantitative estimate of drug-likeness (QED) is 0.540. The normalized spacial score (nSPS) is 12.2. The fourth-order valence-electron chi connectivity index (χ4n) is 0.961. The summed E-state index contributed by atoms with van der Waals surface area (Å²) < 4.78 is 0. The van der Waals surface area contributed by atoms with E-state index in [9.17, 15) is 9.59 Å². The van der Waals surface area contributed by atoms with Crippen LogP contribution < -0.4 is 10.6 Å². The average Bonchev–Trinajstić information content (AvgIpc) is 2.10. The molecule has 0 aromatic rings. The van der Waals surface area contributed by atoms with Crippen molar-refractivity contribution in [2.45, 2.75) is 25.8 Å². The van der Waals surface area contributed by atoms with Crippen molar-refractivity contribution in [3.8, 4) is 0 Å². The van der Waals surface area contributed by atoms with Crippen LogP contribution in [-0.4, -0.2) is 31.8 Å². The molecule has 0 radical (unpaired) electrons. The topological polar surface area (TPSA) is 58.2 Å². The predicted octanol–water partition coefficient (Wildman–Crippen LogP) is -0.310. The molecule has 0 aromatic heterocycles. The first-order valence-electron chi connectivity index (χ1n) is 4.14. The highest BCUT2D eigenvalue weighted by Crippen LogP contribution is 1.94. The van der Waals surface area contributed by atoms with Crippen molar-refractivity contribution < 1.29 is 9.59 Å². The number of nitrogens with one attached hydrogen (secondary N) is 2.